The van der Waals surface area contributed by atoms with Gasteiger partial charge in [-0.3, -0.25) is 14.6 Å². The lowest BCUT2D eigenvalue weighted by molar-refractivity contribution is -0.135. The van der Waals surface area contributed by atoms with Crippen molar-refractivity contribution in [1.82, 2.24) is 20.1 Å². The summed E-state index contributed by atoms with van der Waals surface area (Å²) in [6, 6.07) is 6.23. The van der Waals surface area contributed by atoms with Crippen LogP contribution in [0.1, 0.15) is 38.6 Å². The van der Waals surface area contributed by atoms with Crippen molar-refractivity contribution in [3.8, 4) is 5.75 Å². The molecule has 1 amide bonds. The van der Waals surface area contributed by atoms with Gasteiger partial charge >= 0.3 is 0 Å². The summed E-state index contributed by atoms with van der Waals surface area (Å²) in [7, 11) is 0. The molecule has 1 saturated heterocycles. The van der Waals surface area contributed by atoms with Gasteiger partial charge in [0.2, 0.25) is 5.91 Å². The Morgan fingerprint density at radius 3 is 2.71 bits per heavy atom. The van der Waals surface area contributed by atoms with Gasteiger partial charge in [0, 0.05) is 44.8 Å². The van der Waals surface area contributed by atoms with Crippen molar-refractivity contribution < 1.29 is 14.6 Å². The summed E-state index contributed by atoms with van der Waals surface area (Å²) in [5.74, 6) is 2.96. The molecular weight excluding hydrogens is 460 g/mol. The normalized spacial score (nSPS) is 29.5. The number of rotatable bonds is 8. The first-order valence-electron chi connectivity index (χ1n) is 13.1. The molecule has 0 radical (unpaired) electrons. The van der Waals surface area contributed by atoms with Crippen LogP contribution >= 0.6 is 11.3 Å². The van der Waals surface area contributed by atoms with Gasteiger partial charge in [-0.25, -0.2) is 4.98 Å². The number of ether oxygens (including phenoxy) is 1. The number of nitrogens with zero attached hydrogens (tertiary/aromatic N) is 3. The Labute approximate surface area is 212 Å². The minimum atomic E-state index is -0.554. The average Bonchev–Trinajstić information content (AvgIpc) is 3.19. The molecule has 3 saturated carbocycles. The van der Waals surface area contributed by atoms with Crippen LogP contribution in [0.25, 0.3) is 10.2 Å². The molecule has 3 aliphatic carbocycles. The summed E-state index contributed by atoms with van der Waals surface area (Å²) >= 11 is 1.67. The van der Waals surface area contributed by atoms with E-state index in [0.29, 0.717) is 30.5 Å². The van der Waals surface area contributed by atoms with Crippen molar-refractivity contribution in [3.63, 3.8) is 0 Å². The van der Waals surface area contributed by atoms with Crippen LogP contribution in [0, 0.1) is 30.1 Å². The molecule has 192 valence electrons. The fraction of sp³-hybridized carbons (Fsp3) is 0.704. The van der Waals surface area contributed by atoms with E-state index in [0.717, 1.165) is 65.4 Å². The maximum atomic E-state index is 12.7. The minimum Gasteiger partial charge on any atom is -0.491 e. The van der Waals surface area contributed by atoms with E-state index >= 15 is 0 Å². The van der Waals surface area contributed by atoms with E-state index in [-0.39, 0.29) is 12.5 Å². The van der Waals surface area contributed by atoms with Crippen molar-refractivity contribution in [1.29, 1.82) is 0 Å². The molecule has 5 atom stereocenters. The largest absolute Gasteiger partial charge is 0.491 e. The third-order valence-corrected chi connectivity index (χ3v) is 9.86. The molecule has 2 heterocycles. The number of amides is 1. The van der Waals surface area contributed by atoms with Crippen LogP contribution in [-0.4, -0.2) is 83.8 Å². The standard InChI is InChI=1S/C27H40N4O3S/c1-17-22-11-19(27(22,3)4)12-23(17)29-26(33)15-31-9-7-30(8-10-31)14-20(32)16-34-21-5-6-25-24(13-21)28-18(2)35-25/h5-6,13,17,19-20,22-23,32H,7-12,14-16H2,1-4H3,(H,29,33)/t17?,19-,20-,22?,23-/m1/s1. The highest BCUT2D eigenvalue weighted by atomic mass is 32.1. The van der Waals surface area contributed by atoms with Crippen molar-refractivity contribution in [2.75, 3.05) is 45.9 Å². The summed E-state index contributed by atoms with van der Waals surface area (Å²) in [6.07, 6.45) is 1.91. The van der Waals surface area contributed by atoms with E-state index < -0.39 is 6.10 Å². The summed E-state index contributed by atoms with van der Waals surface area (Å²) in [5.41, 5.74) is 1.39. The number of aliphatic hydroxyl groups is 1. The summed E-state index contributed by atoms with van der Waals surface area (Å²) in [5, 5.41) is 14.9. The van der Waals surface area contributed by atoms with Gasteiger partial charge in [-0.1, -0.05) is 20.8 Å². The average molecular weight is 501 g/mol. The lowest BCUT2D eigenvalue weighted by Crippen LogP contribution is -2.61. The van der Waals surface area contributed by atoms with E-state index in [2.05, 4.69) is 40.9 Å². The number of benzene rings is 1. The smallest absolute Gasteiger partial charge is 0.234 e. The topological polar surface area (TPSA) is 77.9 Å². The first kappa shape index (κ1) is 24.9. The highest BCUT2D eigenvalue weighted by molar-refractivity contribution is 7.18. The van der Waals surface area contributed by atoms with Crippen molar-refractivity contribution in [2.45, 2.75) is 52.7 Å². The molecule has 2 bridgehead atoms. The zero-order chi connectivity index (χ0) is 24.7. The first-order valence-corrected chi connectivity index (χ1v) is 13.9. The Morgan fingerprint density at radius 1 is 1.26 bits per heavy atom. The molecule has 4 aliphatic rings. The van der Waals surface area contributed by atoms with Gasteiger partial charge in [-0.15, -0.1) is 11.3 Å². The van der Waals surface area contributed by atoms with Crippen molar-refractivity contribution in [3.05, 3.63) is 23.2 Å². The van der Waals surface area contributed by atoms with Gasteiger partial charge in [0.05, 0.1) is 21.8 Å². The molecule has 4 fully saturated rings. The van der Waals surface area contributed by atoms with E-state index in [1.807, 2.05) is 25.1 Å². The zero-order valence-corrected chi connectivity index (χ0v) is 22.3. The van der Waals surface area contributed by atoms with Gasteiger partial charge in [-0.2, -0.15) is 0 Å². The number of aromatic nitrogens is 1. The fourth-order valence-corrected chi connectivity index (χ4v) is 7.39. The Morgan fingerprint density at radius 2 is 2.00 bits per heavy atom. The number of β-amino-alcohol motifs (C(OH)–C–C–N with tert-alkyl or cyclic N) is 1. The summed E-state index contributed by atoms with van der Waals surface area (Å²) in [6.45, 7) is 13.8. The van der Waals surface area contributed by atoms with Gasteiger partial charge < -0.3 is 15.2 Å². The highest BCUT2D eigenvalue weighted by Gasteiger charge is 2.56. The zero-order valence-electron chi connectivity index (χ0n) is 21.5. The van der Waals surface area contributed by atoms with Gasteiger partial charge in [-0.05, 0) is 55.1 Å². The third kappa shape index (κ3) is 5.36. The molecule has 8 heteroatoms. The van der Waals surface area contributed by atoms with E-state index in [1.54, 1.807) is 11.3 Å². The number of thiazole rings is 1. The second-order valence-corrected chi connectivity index (χ2v) is 12.8. The lowest BCUT2D eigenvalue weighted by atomic mass is 9.45. The molecule has 2 aromatic rings. The Kier molecular flexibility index (Phi) is 7.09. The number of carbonyl (C=O) groups excluding carboxylic acids is 1. The number of fused-ring (bicyclic) bond motifs is 3. The number of hydrogen-bond acceptors (Lipinski definition) is 7. The van der Waals surface area contributed by atoms with Crippen LogP contribution in [-0.2, 0) is 4.79 Å². The number of aryl methyl sites for hydroxylation is 1. The summed E-state index contributed by atoms with van der Waals surface area (Å²) in [4.78, 5) is 21.7. The molecule has 1 aromatic heterocycles. The highest BCUT2D eigenvalue weighted by Crippen LogP contribution is 2.61. The SMILES string of the molecule is Cc1nc2cc(OC[C@H](O)CN3CCN(CC(=O)N[C@@H]4C[C@H]5CC(C4C)C5(C)C)CC3)ccc2s1. The minimum absolute atomic E-state index is 0.162. The molecular formula is C27H40N4O3S. The molecule has 35 heavy (non-hydrogen) atoms. The van der Waals surface area contributed by atoms with Crippen molar-refractivity contribution in [2.24, 2.45) is 23.2 Å². The molecule has 6 rings (SSSR count). The van der Waals surface area contributed by atoms with Crippen LogP contribution in [0.3, 0.4) is 0 Å². The van der Waals surface area contributed by atoms with Crippen LogP contribution in [0.15, 0.2) is 18.2 Å². The predicted octanol–water partition coefficient (Wildman–Crippen LogP) is 3.15. The summed E-state index contributed by atoms with van der Waals surface area (Å²) < 4.78 is 6.98. The molecule has 1 aromatic carbocycles. The first-order chi connectivity index (χ1) is 16.7. The second-order valence-electron chi connectivity index (χ2n) is 11.5. The van der Waals surface area contributed by atoms with Crippen LogP contribution < -0.4 is 10.1 Å². The fourth-order valence-electron chi connectivity index (χ4n) is 6.58. The third-order valence-electron chi connectivity index (χ3n) is 8.91. The van der Waals surface area contributed by atoms with Crippen LogP contribution in [0.2, 0.25) is 0 Å². The van der Waals surface area contributed by atoms with Gasteiger partial charge in [0.15, 0.2) is 0 Å². The maximum absolute atomic E-state index is 12.7. The van der Waals surface area contributed by atoms with E-state index in [1.165, 1.54) is 6.42 Å². The Hall–Kier alpha value is -1.74. The molecule has 1 aliphatic heterocycles. The maximum Gasteiger partial charge on any atom is 0.234 e. The number of aliphatic hydroxyl groups excluding tert-OH is 1. The van der Waals surface area contributed by atoms with Crippen LogP contribution in [0.5, 0.6) is 5.75 Å². The molecule has 2 unspecified atom stereocenters. The second kappa shape index (κ2) is 9.96. The van der Waals surface area contributed by atoms with Crippen molar-refractivity contribution >= 4 is 27.5 Å². The Bertz CT molecular complexity index is 1050. The molecule has 2 N–H and O–H groups in total. The molecule has 7 nitrogen and oxygen atoms in total. The monoisotopic (exact) mass is 500 g/mol. The molecule has 0 spiro atoms. The number of piperazine rings is 1. The predicted molar refractivity (Wildman–Crippen MR) is 140 cm³/mol. The lowest BCUT2D eigenvalue weighted by Gasteiger charge is -2.62. The van der Waals surface area contributed by atoms with Crippen LogP contribution in [0.4, 0.5) is 0 Å². The Balaban J connectivity index is 1.00. The van der Waals surface area contributed by atoms with E-state index in [4.69, 9.17) is 4.74 Å². The van der Waals surface area contributed by atoms with Gasteiger partial charge in [0.1, 0.15) is 18.5 Å². The quantitative estimate of drug-likeness (QED) is 0.580. The number of hydrogen-bond donors (Lipinski definition) is 2. The number of nitrogens with one attached hydrogen (secondary N) is 1. The van der Waals surface area contributed by atoms with E-state index in [9.17, 15) is 9.90 Å². The van der Waals surface area contributed by atoms with Gasteiger partial charge in [0.25, 0.3) is 0 Å². The number of carbonyl (C=O) groups is 1.